The van der Waals surface area contributed by atoms with Crippen LogP contribution in [0.15, 0.2) is 18.3 Å². The average molecular weight is 297 g/mol. The summed E-state index contributed by atoms with van der Waals surface area (Å²) in [4.78, 5) is 18.3. The number of hydrogen-bond acceptors (Lipinski definition) is 2. The number of piperidine rings is 1. The Labute approximate surface area is 110 Å². The molecule has 1 aromatic heterocycles. The van der Waals surface area contributed by atoms with E-state index in [9.17, 15) is 4.79 Å². The molecule has 1 aromatic rings. The van der Waals surface area contributed by atoms with Gasteiger partial charge in [0.05, 0.1) is 5.56 Å². The molecule has 3 nitrogen and oxygen atoms in total. The van der Waals surface area contributed by atoms with Gasteiger partial charge in [-0.25, -0.2) is 0 Å². The van der Waals surface area contributed by atoms with Crippen molar-refractivity contribution in [2.75, 3.05) is 18.4 Å². The Kier molecular flexibility index (Phi) is 4.15. The van der Waals surface area contributed by atoms with E-state index < -0.39 is 0 Å². The number of carbonyl (C=O) groups excluding carboxylic acids is 1. The van der Waals surface area contributed by atoms with Crippen LogP contribution in [-0.4, -0.2) is 34.2 Å². The molecular weight excluding hydrogens is 280 g/mol. The van der Waals surface area contributed by atoms with Gasteiger partial charge in [0.15, 0.2) is 0 Å². The Hall–Kier alpha value is -0.900. The van der Waals surface area contributed by atoms with Gasteiger partial charge < -0.3 is 4.90 Å². The van der Waals surface area contributed by atoms with Gasteiger partial charge in [-0.3, -0.25) is 9.78 Å². The van der Waals surface area contributed by atoms with E-state index in [1.807, 2.05) is 24.0 Å². The lowest BCUT2D eigenvalue weighted by Crippen LogP contribution is -2.38. The largest absolute Gasteiger partial charge is 0.339 e. The summed E-state index contributed by atoms with van der Waals surface area (Å²) in [6.07, 6.45) is 3.86. The van der Waals surface area contributed by atoms with Crippen LogP contribution in [-0.2, 0) is 0 Å². The molecule has 1 saturated heterocycles. The quantitative estimate of drug-likeness (QED) is 0.786. The molecule has 0 aromatic carbocycles. The molecule has 2 rings (SSSR count). The van der Waals surface area contributed by atoms with Gasteiger partial charge in [-0.2, -0.15) is 0 Å². The van der Waals surface area contributed by atoms with Gasteiger partial charge >= 0.3 is 0 Å². The van der Waals surface area contributed by atoms with E-state index in [1.165, 1.54) is 0 Å². The second kappa shape index (κ2) is 5.63. The molecule has 1 amide bonds. The Morgan fingerprint density at radius 2 is 2.18 bits per heavy atom. The van der Waals surface area contributed by atoms with Crippen LogP contribution in [0.4, 0.5) is 0 Å². The molecule has 92 valence electrons. The van der Waals surface area contributed by atoms with Crippen LogP contribution in [0.5, 0.6) is 0 Å². The van der Waals surface area contributed by atoms with Crippen molar-refractivity contribution in [2.45, 2.75) is 19.8 Å². The maximum atomic E-state index is 12.2. The van der Waals surface area contributed by atoms with E-state index in [-0.39, 0.29) is 5.91 Å². The van der Waals surface area contributed by atoms with Gasteiger partial charge in [0, 0.05) is 30.3 Å². The third-order valence-corrected chi connectivity index (χ3v) is 4.19. The molecule has 0 aliphatic carbocycles. The summed E-state index contributed by atoms with van der Waals surface area (Å²) in [6.45, 7) is 3.65. The molecule has 0 radical (unpaired) electrons. The number of rotatable bonds is 2. The minimum Gasteiger partial charge on any atom is -0.339 e. The van der Waals surface area contributed by atoms with Crippen molar-refractivity contribution >= 4 is 21.8 Å². The van der Waals surface area contributed by atoms with Crippen LogP contribution in [0, 0.1) is 12.8 Å². The number of halogens is 1. The monoisotopic (exact) mass is 296 g/mol. The van der Waals surface area contributed by atoms with Crippen LogP contribution in [0.2, 0.25) is 0 Å². The first-order valence-corrected chi connectivity index (χ1v) is 7.10. The highest BCUT2D eigenvalue weighted by atomic mass is 79.9. The maximum absolute atomic E-state index is 12.2. The first-order valence-electron chi connectivity index (χ1n) is 5.98. The molecule has 0 N–H and O–H groups in total. The number of alkyl halides is 1. The van der Waals surface area contributed by atoms with Crippen LogP contribution >= 0.6 is 15.9 Å². The molecule has 0 saturated carbocycles. The highest BCUT2D eigenvalue weighted by Gasteiger charge is 2.22. The van der Waals surface area contributed by atoms with E-state index in [2.05, 4.69) is 20.9 Å². The van der Waals surface area contributed by atoms with Crippen molar-refractivity contribution < 1.29 is 4.79 Å². The average Bonchev–Trinajstić information content (AvgIpc) is 2.39. The normalized spacial score (nSPS) is 17.2. The van der Waals surface area contributed by atoms with E-state index >= 15 is 0 Å². The zero-order chi connectivity index (χ0) is 12.3. The van der Waals surface area contributed by atoms with Crippen molar-refractivity contribution in [3.8, 4) is 0 Å². The van der Waals surface area contributed by atoms with Crippen LogP contribution in [0.25, 0.3) is 0 Å². The molecule has 0 unspecified atom stereocenters. The fraction of sp³-hybridized carbons (Fsp3) is 0.538. The molecular formula is C13H17BrN2O. The second-order valence-corrected chi connectivity index (χ2v) is 5.23. The molecule has 0 spiro atoms. The van der Waals surface area contributed by atoms with Crippen molar-refractivity contribution in [1.82, 2.24) is 9.88 Å². The summed E-state index contributed by atoms with van der Waals surface area (Å²) in [6, 6.07) is 3.75. The second-order valence-electron chi connectivity index (χ2n) is 4.58. The summed E-state index contributed by atoms with van der Waals surface area (Å²) in [5, 5.41) is 1.04. The van der Waals surface area contributed by atoms with Crippen molar-refractivity contribution in [1.29, 1.82) is 0 Å². The summed E-state index contributed by atoms with van der Waals surface area (Å²) in [5.74, 6) is 0.834. The number of aryl methyl sites for hydroxylation is 1. The minimum absolute atomic E-state index is 0.116. The minimum atomic E-state index is 0.116. The molecule has 1 aliphatic rings. The Morgan fingerprint density at radius 1 is 1.47 bits per heavy atom. The number of aromatic nitrogens is 1. The fourth-order valence-corrected chi connectivity index (χ4v) is 2.71. The van der Waals surface area contributed by atoms with Crippen LogP contribution < -0.4 is 0 Å². The topological polar surface area (TPSA) is 33.2 Å². The standard InChI is InChI=1S/C13H17BrN2O/c1-10-2-3-12(9-15-10)13(17)16-6-4-11(8-14)5-7-16/h2-3,9,11H,4-8H2,1H3. The molecule has 1 fully saturated rings. The van der Waals surface area contributed by atoms with E-state index in [4.69, 9.17) is 0 Å². The molecule has 4 heteroatoms. The lowest BCUT2D eigenvalue weighted by molar-refractivity contribution is 0.0698. The van der Waals surface area contributed by atoms with Crippen molar-refractivity contribution in [3.05, 3.63) is 29.6 Å². The predicted octanol–water partition coefficient (Wildman–Crippen LogP) is 2.64. The van der Waals surface area contributed by atoms with E-state index in [1.54, 1.807) is 6.20 Å². The zero-order valence-electron chi connectivity index (χ0n) is 10.0. The molecule has 0 bridgehead atoms. The highest BCUT2D eigenvalue weighted by molar-refractivity contribution is 9.09. The SMILES string of the molecule is Cc1ccc(C(=O)N2CCC(CBr)CC2)cn1. The highest BCUT2D eigenvalue weighted by Crippen LogP contribution is 2.20. The van der Waals surface area contributed by atoms with Crippen molar-refractivity contribution in [3.63, 3.8) is 0 Å². The van der Waals surface area contributed by atoms with E-state index in [0.29, 0.717) is 5.56 Å². The Morgan fingerprint density at radius 3 is 2.71 bits per heavy atom. The summed E-state index contributed by atoms with van der Waals surface area (Å²) < 4.78 is 0. The van der Waals surface area contributed by atoms with Gasteiger partial charge in [-0.05, 0) is 37.8 Å². The predicted molar refractivity (Wildman–Crippen MR) is 71.4 cm³/mol. The third kappa shape index (κ3) is 3.06. The number of carbonyl (C=O) groups is 1. The van der Waals surface area contributed by atoms with Gasteiger partial charge in [-0.15, -0.1) is 0 Å². The number of hydrogen-bond donors (Lipinski definition) is 0. The van der Waals surface area contributed by atoms with Crippen LogP contribution in [0.3, 0.4) is 0 Å². The Balaban J connectivity index is 1.99. The van der Waals surface area contributed by atoms with Gasteiger partial charge in [-0.1, -0.05) is 15.9 Å². The number of amides is 1. The molecule has 1 aliphatic heterocycles. The number of likely N-dealkylation sites (tertiary alicyclic amines) is 1. The third-order valence-electron chi connectivity index (χ3n) is 3.28. The van der Waals surface area contributed by atoms with Gasteiger partial charge in [0.25, 0.3) is 5.91 Å². The molecule has 17 heavy (non-hydrogen) atoms. The number of nitrogens with zero attached hydrogens (tertiary/aromatic N) is 2. The van der Waals surface area contributed by atoms with Crippen LogP contribution in [0.1, 0.15) is 28.9 Å². The summed E-state index contributed by atoms with van der Waals surface area (Å²) in [5.41, 5.74) is 1.65. The van der Waals surface area contributed by atoms with Gasteiger partial charge in [0.1, 0.15) is 0 Å². The zero-order valence-corrected chi connectivity index (χ0v) is 11.6. The van der Waals surface area contributed by atoms with Gasteiger partial charge in [0.2, 0.25) is 0 Å². The lowest BCUT2D eigenvalue weighted by Gasteiger charge is -2.31. The molecule has 0 atom stereocenters. The maximum Gasteiger partial charge on any atom is 0.255 e. The van der Waals surface area contributed by atoms with E-state index in [0.717, 1.165) is 42.9 Å². The lowest BCUT2D eigenvalue weighted by atomic mass is 9.99. The fourth-order valence-electron chi connectivity index (χ4n) is 2.07. The number of pyridine rings is 1. The first-order chi connectivity index (χ1) is 8.20. The summed E-state index contributed by atoms with van der Waals surface area (Å²) in [7, 11) is 0. The first kappa shape index (κ1) is 12.6. The molecule has 2 heterocycles. The summed E-state index contributed by atoms with van der Waals surface area (Å²) >= 11 is 3.51. The van der Waals surface area contributed by atoms with Crippen molar-refractivity contribution in [2.24, 2.45) is 5.92 Å². The Bertz CT molecular complexity index is 383. The smallest absolute Gasteiger partial charge is 0.255 e.